The average Bonchev–Trinajstić information content (AvgIpc) is 2.53. The third kappa shape index (κ3) is 4.63. The Morgan fingerprint density at radius 2 is 1.92 bits per heavy atom. The Balaban J connectivity index is 3.50. The van der Waals surface area contributed by atoms with Crippen LogP contribution in [0.25, 0.3) is 0 Å². The Bertz CT molecular complexity index is 706. The molecule has 0 radical (unpaired) electrons. The van der Waals surface area contributed by atoms with E-state index in [9.17, 15) is 14.2 Å². The standard InChI is InChI=1S/C14H23N2O6PS/c1-5-10(16-9-8-11(17)15-14(16)24)12(13(18)20-4)23(19,21-6-2)22-7-3/h8-10,12H,5-7H2,1-4H3,(H,15,17,24). The highest BCUT2D eigenvalue weighted by Crippen LogP contribution is 2.57. The van der Waals surface area contributed by atoms with Crippen molar-refractivity contribution >= 4 is 25.8 Å². The average molecular weight is 378 g/mol. The van der Waals surface area contributed by atoms with E-state index in [4.69, 9.17) is 26.0 Å². The second kappa shape index (κ2) is 9.27. The lowest BCUT2D eigenvalue weighted by molar-refractivity contribution is -0.141. The van der Waals surface area contributed by atoms with Gasteiger partial charge in [-0.2, -0.15) is 0 Å². The van der Waals surface area contributed by atoms with Crippen LogP contribution in [0.2, 0.25) is 0 Å². The number of carbonyl (C=O) groups excluding carboxylic acids is 1. The van der Waals surface area contributed by atoms with Gasteiger partial charge in [0.05, 0.1) is 26.4 Å². The minimum atomic E-state index is -3.81. The molecule has 0 fully saturated rings. The molecule has 2 unspecified atom stereocenters. The van der Waals surface area contributed by atoms with Crippen molar-refractivity contribution in [3.63, 3.8) is 0 Å². The van der Waals surface area contributed by atoms with Crippen LogP contribution in [0, 0.1) is 4.77 Å². The minimum Gasteiger partial charge on any atom is -0.468 e. The topological polar surface area (TPSA) is 99.6 Å². The van der Waals surface area contributed by atoms with Crippen LogP contribution in [0.3, 0.4) is 0 Å². The van der Waals surface area contributed by atoms with Crippen molar-refractivity contribution in [2.24, 2.45) is 0 Å². The van der Waals surface area contributed by atoms with Crippen molar-refractivity contribution in [3.05, 3.63) is 27.4 Å². The summed E-state index contributed by atoms with van der Waals surface area (Å²) >= 11 is 5.16. The lowest BCUT2D eigenvalue weighted by Gasteiger charge is -2.31. The number of carbonyl (C=O) groups is 1. The zero-order valence-electron chi connectivity index (χ0n) is 14.2. The molecule has 0 spiro atoms. The van der Waals surface area contributed by atoms with Gasteiger partial charge in [-0.3, -0.25) is 19.1 Å². The molecular weight excluding hydrogens is 355 g/mol. The third-order valence-electron chi connectivity index (χ3n) is 3.39. The third-order valence-corrected chi connectivity index (χ3v) is 6.18. The molecule has 0 aliphatic carbocycles. The fraction of sp³-hybridized carbons (Fsp3) is 0.643. The second-order valence-corrected chi connectivity index (χ2v) is 7.38. The highest BCUT2D eigenvalue weighted by atomic mass is 32.1. The van der Waals surface area contributed by atoms with E-state index in [0.717, 1.165) is 0 Å². The second-order valence-electron chi connectivity index (χ2n) is 4.84. The number of methoxy groups -OCH3 is 1. The van der Waals surface area contributed by atoms with Gasteiger partial charge in [-0.1, -0.05) is 6.92 Å². The summed E-state index contributed by atoms with van der Waals surface area (Å²) in [5, 5.41) is 0. The number of esters is 1. The Morgan fingerprint density at radius 3 is 2.33 bits per heavy atom. The predicted molar refractivity (Wildman–Crippen MR) is 91.9 cm³/mol. The van der Waals surface area contributed by atoms with Crippen LogP contribution >= 0.6 is 19.8 Å². The molecule has 1 aromatic heterocycles. The van der Waals surface area contributed by atoms with E-state index >= 15 is 0 Å². The van der Waals surface area contributed by atoms with Crippen molar-refractivity contribution in [2.45, 2.75) is 38.9 Å². The number of hydrogen-bond acceptors (Lipinski definition) is 7. The van der Waals surface area contributed by atoms with Crippen LogP contribution in [0.5, 0.6) is 0 Å². The number of aromatic amines is 1. The first-order valence-electron chi connectivity index (χ1n) is 7.62. The number of aromatic nitrogens is 2. The molecule has 24 heavy (non-hydrogen) atoms. The van der Waals surface area contributed by atoms with E-state index in [0.29, 0.717) is 6.42 Å². The molecule has 0 aliphatic rings. The maximum atomic E-state index is 13.2. The van der Waals surface area contributed by atoms with Crippen LogP contribution in [-0.4, -0.2) is 41.5 Å². The zero-order valence-corrected chi connectivity index (χ0v) is 15.9. The van der Waals surface area contributed by atoms with Gasteiger partial charge in [0.2, 0.25) is 0 Å². The number of rotatable bonds is 9. The Kier molecular flexibility index (Phi) is 8.02. The first-order chi connectivity index (χ1) is 11.3. The van der Waals surface area contributed by atoms with Gasteiger partial charge in [0, 0.05) is 12.3 Å². The van der Waals surface area contributed by atoms with Gasteiger partial charge in [0.1, 0.15) is 0 Å². The molecule has 2 atom stereocenters. The molecule has 0 bridgehead atoms. The SMILES string of the molecule is CCOP(=O)(OCC)C(C(=O)OC)C(CC)n1ccc(=O)[nH]c1=S. The molecule has 136 valence electrons. The molecule has 1 aromatic rings. The summed E-state index contributed by atoms with van der Waals surface area (Å²) in [6.07, 6.45) is 1.85. The van der Waals surface area contributed by atoms with Gasteiger partial charge in [-0.25, -0.2) is 0 Å². The van der Waals surface area contributed by atoms with Crippen molar-refractivity contribution < 1.29 is 23.1 Å². The maximum absolute atomic E-state index is 13.2. The van der Waals surface area contributed by atoms with Gasteiger partial charge < -0.3 is 18.4 Å². The summed E-state index contributed by atoms with van der Waals surface area (Å²) in [5.74, 6) is -0.722. The van der Waals surface area contributed by atoms with Crippen LogP contribution in [0.1, 0.15) is 33.2 Å². The highest BCUT2D eigenvalue weighted by molar-refractivity contribution is 7.71. The molecule has 10 heteroatoms. The van der Waals surface area contributed by atoms with Crippen LogP contribution in [0.4, 0.5) is 0 Å². The summed E-state index contributed by atoms with van der Waals surface area (Å²) in [5.41, 5.74) is -1.57. The van der Waals surface area contributed by atoms with Crippen molar-refractivity contribution in [1.29, 1.82) is 0 Å². The van der Waals surface area contributed by atoms with E-state index in [-0.39, 0.29) is 23.5 Å². The summed E-state index contributed by atoms with van der Waals surface area (Å²) in [6.45, 7) is 5.34. The van der Waals surface area contributed by atoms with E-state index in [1.807, 2.05) is 0 Å². The van der Waals surface area contributed by atoms with Crippen LogP contribution in [-0.2, 0) is 23.1 Å². The molecule has 1 N–H and O–H groups in total. The fourth-order valence-corrected chi connectivity index (χ4v) is 4.99. The smallest absolute Gasteiger partial charge is 0.347 e. The number of nitrogens with one attached hydrogen (secondary N) is 1. The van der Waals surface area contributed by atoms with E-state index in [1.165, 1.54) is 23.9 Å². The maximum Gasteiger partial charge on any atom is 0.347 e. The molecule has 0 aliphatic heterocycles. The number of hydrogen-bond donors (Lipinski definition) is 1. The molecule has 1 rings (SSSR count). The quantitative estimate of drug-likeness (QED) is 0.401. The minimum absolute atomic E-state index is 0.109. The lowest BCUT2D eigenvalue weighted by atomic mass is 10.1. The summed E-state index contributed by atoms with van der Waals surface area (Å²) in [6, 6.07) is 0.616. The summed E-state index contributed by atoms with van der Waals surface area (Å²) in [7, 11) is -2.60. The molecule has 1 heterocycles. The van der Waals surface area contributed by atoms with Crippen molar-refractivity contribution in [1.82, 2.24) is 9.55 Å². The molecule has 0 aromatic carbocycles. The lowest BCUT2D eigenvalue weighted by Crippen LogP contribution is -2.35. The normalized spacial score (nSPS) is 14.2. The Labute approximate surface area is 145 Å². The van der Waals surface area contributed by atoms with Gasteiger partial charge in [-0.15, -0.1) is 0 Å². The largest absolute Gasteiger partial charge is 0.468 e. The van der Waals surface area contributed by atoms with Crippen LogP contribution < -0.4 is 5.56 Å². The van der Waals surface area contributed by atoms with E-state index in [2.05, 4.69) is 4.98 Å². The molecule has 0 amide bonds. The molecule has 0 saturated carbocycles. The Morgan fingerprint density at radius 1 is 1.33 bits per heavy atom. The summed E-state index contributed by atoms with van der Waals surface area (Å²) < 4.78 is 30.3. The monoisotopic (exact) mass is 378 g/mol. The fourth-order valence-electron chi connectivity index (χ4n) is 2.44. The zero-order chi connectivity index (χ0) is 18.3. The number of nitrogens with zero attached hydrogens (tertiary/aromatic N) is 1. The first-order valence-corrected chi connectivity index (χ1v) is 9.64. The molecular formula is C14H23N2O6PS. The Hall–Kier alpha value is -1.28. The number of H-pyrrole nitrogens is 1. The number of ether oxygens (including phenoxy) is 1. The van der Waals surface area contributed by atoms with Crippen LogP contribution in [0.15, 0.2) is 17.1 Å². The van der Waals surface area contributed by atoms with Gasteiger partial charge in [0.25, 0.3) is 5.56 Å². The van der Waals surface area contributed by atoms with Gasteiger partial charge in [0.15, 0.2) is 10.4 Å². The van der Waals surface area contributed by atoms with Crippen molar-refractivity contribution in [3.8, 4) is 0 Å². The highest BCUT2D eigenvalue weighted by Gasteiger charge is 2.47. The van der Waals surface area contributed by atoms with E-state index in [1.54, 1.807) is 20.8 Å². The molecule has 0 saturated heterocycles. The van der Waals surface area contributed by atoms with Gasteiger partial charge in [-0.05, 0) is 32.5 Å². The van der Waals surface area contributed by atoms with Gasteiger partial charge >= 0.3 is 13.6 Å². The predicted octanol–water partition coefficient (Wildman–Crippen LogP) is 2.66. The van der Waals surface area contributed by atoms with E-state index < -0.39 is 25.3 Å². The van der Waals surface area contributed by atoms with Crippen molar-refractivity contribution in [2.75, 3.05) is 20.3 Å². The first kappa shape index (κ1) is 20.8. The molecule has 8 nitrogen and oxygen atoms in total. The summed E-state index contributed by atoms with van der Waals surface area (Å²) in [4.78, 5) is 26.2.